The van der Waals surface area contributed by atoms with Crippen molar-refractivity contribution in [2.75, 3.05) is 16.9 Å². The molecule has 1 aromatic carbocycles. The Bertz CT molecular complexity index is 545. The van der Waals surface area contributed by atoms with E-state index in [0.29, 0.717) is 0 Å². The van der Waals surface area contributed by atoms with Crippen LogP contribution in [0.5, 0.6) is 0 Å². The average Bonchev–Trinajstić information content (AvgIpc) is 2.20. The summed E-state index contributed by atoms with van der Waals surface area (Å²) < 4.78 is 37.4. The number of amidine groups is 1. The Morgan fingerprint density at radius 2 is 2.24 bits per heavy atom. The molecule has 0 bridgehead atoms. The zero-order chi connectivity index (χ0) is 13.1. The highest BCUT2D eigenvalue weighted by Crippen LogP contribution is 2.26. The van der Waals surface area contributed by atoms with E-state index in [0.717, 1.165) is 18.4 Å². The van der Waals surface area contributed by atoms with Crippen molar-refractivity contribution in [2.24, 2.45) is 10.7 Å². The molecule has 0 spiro atoms. The van der Waals surface area contributed by atoms with Gasteiger partial charge in [0.15, 0.2) is 0 Å². The van der Waals surface area contributed by atoms with E-state index in [4.69, 9.17) is 17.3 Å². The summed E-state index contributed by atoms with van der Waals surface area (Å²) in [7, 11) is -3.47. The molecule has 5 nitrogen and oxygen atoms in total. The number of rotatable bonds is 4. The SMILES string of the molecule is CS(=O)(=O)Nc1ccc(F)cc1N=C(N)CCl. The quantitative estimate of drug-likeness (QED) is 0.497. The molecule has 1 rings (SSSR count). The Morgan fingerprint density at radius 1 is 1.59 bits per heavy atom. The van der Waals surface area contributed by atoms with Crippen molar-refractivity contribution in [3.63, 3.8) is 0 Å². The van der Waals surface area contributed by atoms with E-state index in [9.17, 15) is 12.8 Å². The lowest BCUT2D eigenvalue weighted by Crippen LogP contribution is -2.13. The number of hydrogen-bond donors (Lipinski definition) is 2. The zero-order valence-electron chi connectivity index (χ0n) is 8.94. The van der Waals surface area contributed by atoms with E-state index in [2.05, 4.69) is 9.71 Å². The maximum atomic E-state index is 13.0. The molecular weight excluding hydrogens is 269 g/mol. The van der Waals surface area contributed by atoms with Crippen LogP contribution in [-0.4, -0.2) is 26.4 Å². The molecule has 0 unspecified atom stereocenters. The second-order valence-corrected chi connectivity index (χ2v) is 5.29. The lowest BCUT2D eigenvalue weighted by atomic mass is 10.2. The molecule has 94 valence electrons. The summed E-state index contributed by atoms with van der Waals surface area (Å²) in [6.07, 6.45) is 0.981. The maximum absolute atomic E-state index is 13.0. The number of halogens is 2. The second-order valence-electron chi connectivity index (χ2n) is 3.27. The van der Waals surface area contributed by atoms with E-state index in [1.807, 2.05) is 0 Å². The van der Waals surface area contributed by atoms with Gasteiger partial charge in [0.1, 0.15) is 11.7 Å². The van der Waals surface area contributed by atoms with E-state index in [1.165, 1.54) is 6.07 Å². The molecule has 0 amide bonds. The fourth-order valence-corrected chi connectivity index (χ4v) is 1.70. The van der Waals surface area contributed by atoms with E-state index < -0.39 is 15.8 Å². The lowest BCUT2D eigenvalue weighted by molar-refractivity contribution is 0.606. The van der Waals surface area contributed by atoms with Gasteiger partial charge in [0, 0.05) is 6.07 Å². The fourth-order valence-electron chi connectivity index (χ4n) is 1.07. The lowest BCUT2D eigenvalue weighted by Gasteiger charge is -2.07. The summed E-state index contributed by atoms with van der Waals surface area (Å²) in [6.45, 7) is 0. The van der Waals surface area contributed by atoms with Gasteiger partial charge in [-0.1, -0.05) is 0 Å². The van der Waals surface area contributed by atoms with Crippen LogP contribution in [0.1, 0.15) is 0 Å². The predicted octanol–water partition coefficient (Wildman–Crippen LogP) is 1.42. The summed E-state index contributed by atoms with van der Waals surface area (Å²) in [5, 5.41) is 0. The van der Waals surface area contributed by atoms with Crippen LogP contribution in [0.25, 0.3) is 0 Å². The minimum absolute atomic E-state index is 0.0329. The normalized spacial score (nSPS) is 12.5. The first-order valence-electron chi connectivity index (χ1n) is 4.48. The van der Waals surface area contributed by atoms with Crippen molar-refractivity contribution in [1.29, 1.82) is 0 Å². The molecule has 0 atom stereocenters. The van der Waals surface area contributed by atoms with E-state index in [-0.39, 0.29) is 23.1 Å². The highest BCUT2D eigenvalue weighted by molar-refractivity contribution is 7.92. The number of aliphatic imine (C=N–C) groups is 1. The first-order chi connectivity index (χ1) is 7.81. The van der Waals surface area contributed by atoms with Gasteiger partial charge in [0.2, 0.25) is 10.0 Å². The smallest absolute Gasteiger partial charge is 0.229 e. The second kappa shape index (κ2) is 5.33. The first kappa shape index (κ1) is 13.7. The number of nitrogens with zero attached hydrogens (tertiary/aromatic N) is 1. The van der Waals surface area contributed by atoms with Gasteiger partial charge in [0.25, 0.3) is 0 Å². The molecule has 0 aliphatic carbocycles. The average molecular weight is 280 g/mol. The third-order valence-electron chi connectivity index (χ3n) is 1.66. The van der Waals surface area contributed by atoms with Crippen LogP contribution in [0, 0.1) is 5.82 Å². The van der Waals surface area contributed by atoms with Crippen molar-refractivity contribution < 1.29 is 12.8 Å². The zero-order valence-corrected chi connectivity index (χ0v) is 10.5. The van der Waals surface area contributed by atoms with E-state index in [1.54, 1.807) is 0 Å². The number of benzene rings is 1. The molecule has 0 saturated carbocycles. The fraction of sp³-hybridized carbons (Fsp3) is 0.222. The van der Waals surface area contributed by atoms with Crippen LogP contribution < -0.4 is 10.5 Å². The summed E-state index contributed by atoms with van der Waals surface area (Å²) in [5.74, 6) is -0.520. The summed E-state index contributed by atoms with van der Waals surface area (Å²) in [4.78, 5) is 3.82. The van der Waals surface area contributed by atoms with Crippen molar-refractivity contribution in [1.82, 2.24) is 0 Å². The van der Waals surface area contributed by atoms with Gasteiger partial charge in [-0.2, -0.15) is 0 Å². The predicted molar refractivity (Wildman–Crippen MR) is 66.9 cm³/mol. The van der Waals surface area contributed by atoms with Crippen molar-refractivity contribution >= 4 is 38.8 Å². The molecule has 1 aromatic rings. The highest BCUT2D eigenvalue weighted by Gasteiger charge is 2.08. The summed E-state index contributed by atoms with van der Waals surface area (Å²) in [6, 6.07) is 3.44. The van der Waals surface area contributed by atoms with Crippen LogP contribution in [0.4, 0.5) is 15.8 Å². The molecule has 17 heavy (non-hydrogen) atoms. The van der Waals surface area contributed by atoms with Crippen molar-refractivity contribution in [3.05, 3.63) is 24.0 Å². The molecule has 0 radical (unpaired) electrons. The molecule has 0 saturated heterocycles. The van der Waals surface area contributed by atoms with Crippen LogP contribution in [0.15, 0.2) is 23.2 Å². The number of nitrogens with two attached hydrogens (primary N) is 1. The molecule has 3 N–H and O–H groups in total. The largest absolute Gasteiger partial charge is 0.386 e. The number of alkyl halides is 1. The monoisotopic (exact) mass is 279 g/mol. The number of anilines is 1. The highest BCUT2D eigenvalue weighted by atomic mass is 35.5. The topological polar surface area (TPSA) is 84.5 Å². The van der Waals surface area contributed by atoms with Crippen LogP contribution in [0.2, 0.25) is 0 Å². The Hall–Kier alpha value is -1.34. The van der Waals surface area contributed by atoms with Crippen molar-refractivity contribution in [3.8, 4) is 0 Å². The Kier molecular flexibility index (Phi) is 4.30. The number of hydrogen-bond acceptors (Lipinski definition) is 3. The molecule has 0 heterocycles. The van der Waals surface area contributed by atoms with Gasteiger partial charge in [0.05, 0.1) is 23.5 Å². The summed E-state index contributed by atoms with van der Waals surface area (Å²) in [5.41, 5.74) is 5.62. The summed E-state index contributed by atoms with van der Waals surface area (Å²) >= 11 is 5.44. The molecule has 0 fully saturated rings. The molecule has 0 aromatic heterocycles. The first-order valence-corrected chi connectivity index (χ1v) is 6.91. The van der Waals surface area contributed by atoms with Crippen LogP contribution in [0.3, 0.4) is 0 Å². The van der Waals surface area contributed by atoms with Crippen LogP contribution in [-0.2, 0) is 10.0 Å². The third kappa shape index (κ3) is 4.58. The third-order valence-corrected chi connectivity index (χ3v) is 2.52. The minimum atomic E-state index is -3.47. The van der Waals surface area contributed by atoms with Gasteiger partial charge in [-0.15, -0.1) is 11.6 Å². The molecule has 0 aliphatic heterocycles. The van der Waals surface area contributed by atoms with Gasteiger partial charge in [-0.3, -0.25) is 4.72 Å². The van der Waals surface area contributed by atoms with Gasteiger partial charge in [-0.25, -0.2) is 17.8 Å². The number of sulfonamides is 1. The minimum Gasteiger partial charge on any atom is -0.386 e. The number of nitrogens with one attached hydrogen (secondary N) is 1. The molecular formula is C9H11ClFN3O2S. The van der Waals surface area contributed by atoms with Gasteiger partial charge < -0.3 is 5.73 Å². The molecule has 0 aliphatic rings. The van der Waals surface area contributed by atoms with Gasteiger partial charge in [-0.05, 0) is 12.1 Å². The Morgan fingerprint density at radius 3 is 2.76 bits per heavy atom. The Labute approximate surface area is 104 Å². The van der Waals surface area contributed by atoms with E-state index >= 15 is 0 Å². The van der Waals surface area contributed by atoms with Crippen LogP contribution >= 0.6 is 11.6 Å². The van der Waals surface area contributed by atoms with Gasteiger partial charge >= 0.3 is 0 Å². The van der Waals surface area contributed by atoms with Crippen molar-refractivity contribution in [2.45, 2.75) is 0 Å². The Balaban J connectivity index is 3.22. The maximum Gasteiger partial charge on any atom is 0.229 e. The molecule has 8 heteroatoms. The standard InChI is InChI=1S/C9H11ClFN3O2S/c1-17(15,16)14-7-3-2-6(11)4-8(7)13-9(12)5-10/h2-4,14H,5H2,1H3,(H2,12,13).